The van der Waals surface area contributed by atoms with E-state index >= 15 is 0 Å². The van der Waals surface area contributed by atoms with Gasteiger partial charge >= 0.3 is 0 Å². The van der Waals surface area contributed by atoms with Crippen molar-refractivity contribution in [3.05, 3.63) is 120 Å². The van der Waals surface area contributed by atoms with E-state index in [0.717, 1.165) is 12.0 Å². The first kappa shape index (κ1) is 19.1. The first-order valence-corrected chi connectivity index (χ1v) is 9.38. The Balaban J connectivity index is 1.97. The molecule has 1 N–H and O–H groups in total. The molecule has 3 rings (SSSR count). The summed E-state index contributed by atoms with van der Waals surface area (Å²) >= 11 is 0. The van der Waals surface area contributed by atoms with Crippen LogP contribution in [-0.4, -0.2) is 7.11 Å². The number of methoxy groups -OCH3 is 1. The topological polar surface area (TPSA) is 21.3 Å². The van der Waals surface area contributed by atoms with E-state index in [1.807, 2.05) is 24.3 Å². The van der Waals surface area contributed by atoms with Gasteiger partial charge in [0.1, 0.15) is 6.10 Å². The number of hydrogen-bond donors (Lipinski definition) is 1. The predicted molar refractivity (Wildman–Crippen MR) is 113 cm³/mol. The molecule has 3 aromatic rings. The van der Waals surface area contributed by atoms with Crippen molar-refractivity contribution in [2.75, 3.05) is 7.11 Å². The van der Waals surface area contributed by atoms with Gasteiger partial charge in [0.05, 0.1) is 6.04 Å². The Morgan fingerprint density at radius 2 is 1.26 bits per heavy atom. The Morgan fingerprint density at radius 1 is 0.778 bits per heavy atom. The van der Waals surface area contributed by atoms with Crippen LogP contribution in [-0.2, 0) is 4.74 Å². The minimum Gasteiger partial charge on any atom is -0.375 e. The highest BCUT2D eigenvalue weighted by Crippen LogP contribution is 2.34. The third-order valence-corrected chi connectivity index (χ3v) is 4.83. The maximum atomic E-state index is 5.98. The van der Waals surface area contributed by atoms with Gasteiger partial charge in [0.15, 0.2) is 0 Å². The zero-order valence-corrected chi connectivity index (χ0v) is 15.8. The van der Waals surface area contributed by atoms with Crippen molar-refractivity contribution >= 4 is 0 Å². The number of ether oxygens (including phenoxy) is 1. The summed E-state index contributed by atoms with van der Waals surface area (Å²) in [7, 11) is 1.78. The molecule has 0 fully saturated rings. The quantitative estimate of drug-likeness (QED) is 0.473. The van der Waals surface area contributed by atoms with E-state index in [1.165, 1.54) is 11.1 Å². The molecule has 0 aliphatic carbocycles. The van der Waals surface area contributed by atoms with E-state index in [1.54, 1.807) is 7.11 Å². The molecule has 0 bridgehead atoms. The summed E-state index contributed by atoms with van der Waals surface area (Å²) < 4.78 is 5.98. The van der Waals surface area contributed by atoms with Crippen LogP contribution in [0.25, 0.3) is 0 Å². The van der Waals surface area contributed by atoms with E-state index in [0.29, 0.717) is 0 Å². The first-order chi connectivity index (χ1) is 13.3. The molecule has 0 saturated heterocycles. The molecule has 138 valence electrons. The lowest BCUT2D eigenvalue weighted by Crippen LogP contribution is -2.31. The summed E-state index contributed by atoms with van der Waals surface area (Å²) in [6, 6.07) is 31.6. The predicted octanol–water partition coefficient (Wildman–Crippen LogP) is 6.02. The van der Waals surface area contributed by atoms with Crippen LogP contribution in [0.2, 0.25) is 0 Å². The lowest BCUT2D eigenvalue weighted by atomic mass is 9.93. The van der Waals surface area contributed by atoms with Gasteiger partial charge in [-0.3, -0.25) is 0 Å². The SMILES string of the molecule is C=CC[C@H](N[C@@H](c1ccccc1)[C@H](OC)c1ccccc1)c1ccccc1. The van der Waals surface area contributed by atoms with Gasteiger partial charge in [-0.15, -0.1) is 6.58 Å². The summed E-state index contributed by atoms with van der Waals surface area (Å²) in [6.45, 7) is 3.96. The molecule has 27 heavy (non-hydrogen) atoms. The van der Waals surface area contributed by atoms with Gasteiger partial charge in [-0.25, -0.2) is 0 Å². The Bertz CT molecular complexity index is 802. The largest absolute Gasteiger partial charge is 0.375 e. The summed E-state index contributed by atoms with van der Waals surface area (Å²) in [6.07, 6.45) is 2.72. The van der Waals surface area contributed by atoms with Crippen LogP contribution >= 0.6 is 0 Å². The van der Waals surface area contributed by atoms with Gasteiger partial charge in [-0.1, -0.05) is 97.1 Å². The molecule has 3 aromatic carbocycles. The van der Waals surface area contributed by atoms with Gasteiger partial charge in [-0.05, 0) is 23.1 Å². The minimum absolute atomic E-state index is 0.0174. The smallest absolute Gasteiger partial charge is 0.102 e. The maximum Gasteiger partial charge on any atom is 0.102 e. The highest BCUT2D eigenvalue weighted by Gasteiger charge is 2.27. The van der Waals surface area contributed by atoms with Crippen LogP contribution in [0.5, 0.6) is 0 Å². The molecule has 0 heterocycles. The Kier molecular flexibility index (Phi) is 6.97. The van der Waals surface area contributed by atoms with Crippen molar-refractivity contribution < 1.29 is 4.74 Å². The Morgan fingerprint density at radius 3 is 1.74 bits per heavy atom. The fourth-order valence-electron chi connectivity index (χ4n) is 3.50. The second kappa shape index (κ2) is 9.86. The third kappa shape index (κ3) is 4.94. The molecule has 0 saturated carbocycles. The van der Waals surface area contributed by atoms with Crippen molar-refractivity contribution in [2.45, 2.75) is 24.6 Å². The molecule has 0 unspecified atom stereocenters. The minimum atomic E-state index is -0.0929. The number of rotatable bonds is 9. The first-order valence-electron chi connectivity index (χ1n) is 9.38. The van der Waals surface area contributed by atoms with Crippen LogP contribution in [0, 0.1) is 0 Å². The highest BCUT2D eigenvalue weighted by atomic mass is 16.5. The van der Waals surface area contributed by atoms with E-state index in [2.05, 4.69) is 84.7 Å². The van der Waals surface area contributed by atoms with Crippen molar-refractivity contribution in [1.29, 1.82) is 0 Å². The highest BCUT2D eigenvalue weighted by molar-refractivity contribution is 5.28. The summed E-state index contributed by atoms with van der Waals surface area (Å²) in [5.74, 6) is 0. The molecule has 0 spiro atoms. The normalized spacial score (nSPS) is 14.3. The summed E-state index contributed by atoms with van der Waals surface area (Å²) in [5, 5.41) is 3.84. The Labute approximate surface area is 162 Å². The van der Waals surface area contributed by atoms with Crippen LogP contribution in [0.4, 0.5) is 0 Å². The van der Waals surface area contributed by atoms with Gasteiger partial charge < -0.3 is 10.1 Å². The van der Waals surface area contributed by atoms with Gasteiger partial charge in [0, 0.05) is 13.2 Å². The molecule has 0 amide bonds. The molecule has 0 radical (unpaired) electrons. The standard InChI is InChI=1S/C25H27NO/c1-3-13-23(20-14-7-4-8-15-20)26-24(21-16-9-5-10-17-21)25(27-2)22-18-11-6-12-19-22/h3-12,14-19,23-26H,1,13H2,2H3/t23-,24-,25+/m0/s1. The van der Waals surface area contributed by atoms with E-state index in [4.69, 9.17) is 4.74 Å². The van der Waals surface area contributed by atoms with Crippen molar-refractivity contribution in [2.24, 2.45) is 0 Å². The lowest BCUT2D eigenvalue weighted by Gasteiger charge is -2.32. The Hall–Kier alpha value is -2.68. The zero-order chi connectivity index (χ0) is 18.9. The van der Waals surface area contributed by atoms with Crippen LogP contribution < -0.4 is 5.32 Å². The molecular formula is C25H27NO. The van der Waals surface area contributed by atoms with E-state index < -0.39 is 0 Å². The van der Waals surface area contributed by atoms with E-state index in [9.17, 15) is 0 Å². The average Bonchev–Trinajstić information content (AvgIpc) is 2.75. The molecule has 2 heteroatoms. The number of hydrogen-bond acceptors (Lipinski definition) is 2. The molecule has 0 aromatic heterocycles. The van der Waals surface area contributed by atoms with Crippen LogP contribution in [0.15, 0.2) is 104 Å². The third-order valence-electron chi connectivity index (χ3n) is 4.83. The lowest BCUT2D eigenvalue weighted by molar-refractivity contribution is 0.0630. The summed E-state index contributed by atoms with van der Waals surface area (Å²) in [4.78, 5) is 0. The van der Waals surface area contributed by atoms with Crippen molar-refractivity contribution in [3.63, 3.8) is 0 Å². The van der Waals surface area contributed by atoms with Crippen LogP contribution in [0.3, 0.4) is 0 Å². The number of nitrogens with one attached hydrogen (secondary N) is 1. The zero-order valence-electron chi connectivity index (χ0n) is 15.8. The fraction of sp³-hybridized carbons (Fsp3) is 0.200. The molecule has 0 aliphatic heterocycles. The van der Waals surface area contributed by atoms with Gasteiger partial charge in [0.2, 0.25) is 0 Å². The molecule has 3 atom stereocenters. The average molecular weight is 357 g/mol. The maximum absolute atomic E-state index is 5.98. The fourth-order valence-corrected chi connectivity index (χ4v) is 3.50. The van der Waals surface area contributed by atoms with Crippen molar-refractivity contribution in [3.8, 4) is 0 Å². The number of benzene rings is 3. The monoisotopic (exact) mass is 357 g/mol. The molecular weight excluding hydrogens is 330 g/mol. The second-order valence-corrected chi connectivity index (χ2v) is 6.61. The van der Waals surface area contributed by atoms with Gasteiger partial charge in [-0.2, -0.15) is 0 Å². The molecule has 2 nitrogen and oxygen atoms in total. The summed E-state index contributed by atoms with van der Waals surface area (Å²) in [5.41, 5.74) is 3.62. The second-order valence-electron chi connectivity index (χ2n) is 6.61. The van der Waals surface area contributed by atoms with Gasteiger partial charge in [0.25, 0.3) is 0 Å². The van der Waals surface area contributed by atoms with Crippen molar-refractivity contribution in [1.82, 2.24) is 5.32 Å². The molecule has 0 aliphatic rings. The van der Waals surface area contributed by atoms with E-state index in [-0.39, 0.29) is 18.2 Å². The van der Waals surface area contributed by atoms with Crippen LogP contribution in [0.1, 0.15) is 41.3 Å².